The van der Waals surface area contributed by atoms with Gasteiger partial charge in [0, 0.05) is 11.2 Å². The van der Waals surface area contributed by atoms with Gasteiger partial charge in [0.1, 0.15) is 5.82 Å². The van der Waals surface area contributed by atoms with Crippen molar-refractivity contribution >= 4 is 17.7 Å². The molecule has 0 aromatic heterocycles. The highest BCUT2D eigenvalue weighted by Gasteiger charge is 2.18. The minimum atomic E-state index is -0.839. The predicted molar refractivity (Wildman–Crippen MR) is 90.4 cm³/mol. The van der Waals surface area contributed by atoms with Crippen molar-refractivity contribution in [1.82, 2.24) is 5.32 Å². The van der Waals surface area contributed by atoms with Crippen molar-refractivity contribution in [3.8, 4) is 0 Å². The molecule has 1 rings (SSSR count). The Kier molecular flexibility index (Phi) is 7.36. The average Bonchev–Trinajstić information content (AvgIpc) is 2.42. The molecule has 1 amide bonds. The predicted octanol–water partition coefficient (Wildman–Crippen LogP) is 3.68. The smallest absolute Gasteiger partial charge is 0.220 e. The molecule has 1 aromatic carbocycles. The monoisotopic (exact) mass is 327 g/mol. The molecule has 0 fully saturated rings. The van der Waals surface area contributed by atoms with E-state index in [1.807, 2.05) is 11.8 Å². The molecule has 124 valence electrons. The number of hydrogen-bond acceptors (Lipinski definition) is 3. The number of amides is 1. The third kappa shape index (κ3) is 7.27. The fourth-order valence-corrected chi connectivity index (χ4v) is 2.87. The van der Waals surface area contributed by atoms with E-state index in [1.165, 1.54) is 24.3 Å². The van der Waals surface area contributed by atoms with Gasteiger partial charge in [-0.05, 0) is 36.8 Å². The van der Waals surface area contributed by atoms with E-state index < -0.39 is 12.1 Å². The fraction of sp³-hybridized carbons (Fsp3) is 0.588. The molecule has 2 N–H and O–H groups in total. The molecule has 22 heavy (non-hydrogen) atoms. The zero-order chi connectivity index (χ0) is 16.8. The van der Waals surface area contributed by atoms with Gasteiger partial charge in [0.05, 0.1) is 12.1 Å². The largest absolute Gasteiger partial charge is 0.386 e. The van der Waals surface area contributed by atoms with Crippen molar-refractivity contribution in [3.63, 3.8) is 0 Å². The molecule has 5 heteroatoms. The minimum absolute atomic E-state index is 0.0665. The molecule has 0 aliphatic carbocycles. The quantitative estimate of drug-likeness (QED) is 0.751. The summed E-state index contributed by atoms with van der Waals surface area (Å²) < 4.78 is 13.1. The lowest BCUT2D eigenvalue weighted by Gasteiger charge is -2.21. The Bertz CT molecular complexity index is 471. The van der Waals surface area contributed by atoms with E-state index in [0.29, 0.717) is 12.0 Å². The first-order valence-electron chi connectivity index (χ1n) is 7.56. The number of carbonyl (C=O) groups is 1. The maximum absolute atomic E-state index is 12.9. The highest BCUT2D eigenvalue weighted by atomic mass is 32.2. The van der Waals surface area contributed by atoms with Gasteiger partial charge in [-0.3, -0.25) is 4.79 Å². The van der Waals surface area contributed by atoms with Gasteiger partial charge >= 0.3 is 0 Å². The summed E-state index contributed by atoms with van der Waals surface area (Å²) >= 11 is 1.83. The van der Waals surface area contributed by atoms with Crippen LogP contribution in [0.15, 0.2) is 24.3 Å². The van der Waals surface area contributed by atoms with E-state index in [2.05, 4.69) is 26.1 Å². The highest BCUT2D eigenvalue weighted by Crippen LogP contribution is 2.24. The molecule has 0 bridgehead atoms. The fourth-order valence-electron chi connectivity index (χ4n) is 1.96. The van der Waals surface area contributed by atoms with Gasteiger partial charge in [-0.25, -0.2) is 4.39 Å². The Morgan fingerprint density at radius 2 is 1.91 bits per heavy atom. The van der Waals surface area contributed by atoms with Gasteiger partial charge in [0.25, 0.3) is 0 Å². The number of thioether (sulfide) groups is 1. The van der Waals surface area contributed by atoms with E-state index in [1.54, 1.807) is 6.92 Å². The Morgan fingerprint density at radius 3 is 2.45 bits per heavy atom. The molecule has 2 atom stereocenters. The maximum atomic E-state index is 12.9. The van der Waals surface area contributed by atoms with Gasteiger partial charge in [-0.15, -0.1) is 0 Å². The lowest BCUT2D eigenvalue weighted by atomic mass is 10.0. The third-order valence-electron chi connectivity index (χ3n) is 3.16. The first kappa shape index (κ1) is 19.0. The van der Waals surface area contributed by atoms with E-state index in [9.17, 15) is 14.3 Å². The first-order valence-corrected chi connectivity index (χ1v) is 8.54. The van der Waals surface area contributed by atoms with Crippen molar-refractivity contribution in [3.05, 3.63) is 35.6 Å². The van der Waals surface area contributed by atoms with Crippen molar-refractivity contribution < 1.29 is 14.3 Å². The topological polar surface area (TPSA) is 49.3 Å². The maximum Gasteiger partial charge on any atom is 0.220 e. The average molecular weight is 327 g/mol. The van der Waals surface area contributed by atoms with Crippen LogP contribution in [0, 0.1) is 5.82 Å². The zero-order valence-corrected chi connectivity index (χ0v) is 14.5. The van der Waals surface area contributed by atoms with Crippen LogP contribution in [0.2, 0.25) is 0 Å². The summed E-state index contributed by atoms with van der Waals surface area (Å²) in [5.74, 6) is 0.526. The highest BCUT2D eigenvalue weighted by molar-refractivity contribution is 8.00. The zero-order valence-electron chi connectivity index (χ0n) is 13.7. The molecule has 0 saturated heterocycles. The summed E-state index contributed by atoms with van der Waals surface area (Å²) in [7, 11) is 0. The summed E-state index contributed by atoms with van der Waals surface area (Å²) in [5, 5.41) is 13.0. The SMILES string of the molecule is CC(NC(=O)CCCSC(C)(C)C)C(O)c1ccc(F)cc1. The van der Waals surface area contributed by atoms with Crippen LogP contribution in [0.1, 0.15) is 52.2 Å². The van der Waals surface area contributed by atoms with Crippen LogP contribution in [-0.2, 0) is 4.79 Å². The van der Waals surface area contributed by atoms with Crippen LogP contribution in [0.3, 0.4) is 0 Å². The van der Waals surface area contributed by atoms with E-state index in [4.69, 9.17) is 0 Å². The number of carbonyl (C=O) groups excluding carboxylic acids is 1. The van der Waals surface area contributed by atoms with Gasteiger partial charge in [-0.1, -0.05) is 32.9 Å². The Hall–Kier alpha value is -1.07. The summed E-state index contributed by atoms with van der Waals surface area (Å²) in [6.45, 7) is 8.20. The number of benzene rings is 1. The van der Waals surface area contributed by atoms with E-state index >= 15 is 0 Å². The van der Waals surface area contributed by atoms with Crippen LogP contribution < -0.4 is 5.32 Å². The second-order valence-corrected chi connectivity index (χ2v) is 8.34. The summed E-state index contributed by atoms with van der Waals surface area (Å²) in [5.41, 5.74) is 0.595. The lowest BCUT2D eigenvalue weighted by Crippen LogP contribution is -2.37. The molecular formula is C17H26FNO2S. The standard InChI is InChI=1S/C17H26FNO2S/c1-12(16(21)13-7-9-14(18)10-8-13)19-15(20)6-5-11-22-17(2,3)4/h7-10,12,16,21H,5-6,11H2,1-4H3,(H,19,20). The molecular weight excluding hydrogens is 301 g/mol. The molecule has 1 aromatic rings. The van der Waals surface area contributed by atoms with Gasteiger partial charge in [-0.2, -0.15) is 11.8 Å². The van der Waals surface area contributed by atoms with Crippen molar-refractivity contribution in [2.75, 3.05) is 5.75 Å². The minimum Gasteiger partial charge on any atom is -0.386 e. The summed E-state index contributed by atoms with van der Waals surface area (Å²) in [6.07, 6.45) is 0.421. The number of halogens is 1. The second kappa shape index (κ2) is 8.53. The van der Waals surface area contributed by atoms with Crippen LogP contribution in [0.4, 0.5) is 4.39 Å². The van der Waals surface area contributed by atoms with Crippen LogP contribution >= 0.6 is 11.8 Å². The Labute approximate surface area is 136 Å². The molecule has 2 unspecified atom stereocenters. The van der Waals surface area contributed by atoms with Gasteiger partial charge in [0.15, 0.2) is 0 Å². The molecule has 0 aliphatic rings. The van der Waals surface area contributed by atoms with Gasteiger partial charge in [0.2, 0.25) is 5.91 Å². The van der Waals surface area contributed by atoms with E-state index in [0.717, 1.165) is 12.2 Å². The van der Waals surface area contributed by atoms with Crippen molar-refractivity contribution in [1.29, 1.82) is 0 Å². The van der Waals surface area contributed by atoms with E-state index in [-0.39, 0.29) is 16.5 Å². The molecule has 3 nitrogen and oxygen atoms in total. The molecule has 0 saturated carbocycles. The summed E-state index contributed by atoms with van der Waals surface area (Å²) in [4.78, 5) is 11.9. The first-order chi connectivity index (χ1) is 10.2. The molecule has 0 aliphatic heterocycles. The van der Waals surface area contributed by atoms with Crippen LogP contribution in [-0.4, -0.2) is 27.6 Å². The van der Waals surface area contributed by atoms with Crippen molar-refractivity contribution in [2.24, 2.45) is 0 Å². The molecule has 0 spiro atoms. The number of hydrogen-bond donors (Lipinski definition) is 2. The number of rotatable bonds is 7. The van der Waals surface area contributed by atoms with Crippen LogP contribution in [0.5, 0.6) is 0 Å². The number of aliphatic hydroxyl groups is 1. The Morgan fingerprint density at radius 1 is 1.32 bits per heavy atom. The number of aliphatic hydroxyl groups excluding tert-OH is 1. The summed E-state index contributed by atoms with van der Waals surface area (Å²) in [6, 6.07) is 5.26. The van der Waals surface area contributed by atoms with Crippen LogP contribution in [0.25, 0.3) is 0 Å². The second-order valence-electron chi connectivity index (χ2n) is 6.42. The van der Waals surface area contributed by atoms with Crippen molar-refractivity contribution in [2.45, 2.75) is 57.4 Å². The molecule has 0 radical (unpaired) electrons. The number of nitrogens with one attached hydrogen (secondary N) is 1. The Balaban J connectivity index is 2.35. The lowest BCUT2D eigenvalue weighted by molar-refractivity contribution is -0.122. The molecule has 0 heterocycles. The van der Waals surface area contributed by atoms with Gasteiger partial charge < -0.3 is 10.4 Å². The third-order valence-corrected chi connectivity index (χ3v) is 4.52. The normalized spacial score (nSPS) is 14.5.